The Labute approximate surface area is 216 Å². The molecular weight excluding hydrogens is 503 g/mol. The van der Waals surface area contributed by atoms with Crippen LogP contribution in [0.25, 0.3) is 0 Å². The van der Waals surface area contributed by atoms with E-state index in [1.165, 1.54) is 36.4 Å². The van der Waals surface area contributed by atoms with Crippen molar-refractivity contribution in [1.29, 1.82) is 0 Å². The van der Waals surface area contributed by atoms with Crippen molar-refractivity contribution < 1.29 is 69.2 Å². The molecule has 0 unspecified atom stereocenters. The second-order valence-corrected chi connectivity index (χ2v) is 11.3. The van der Waals surface area contributed by atoms with Crippen LogP contribution >= 0.6 is 0 Å². The molecule has 3 rings (SSSR count). The summed E-state index contributed by atoms with van der Waals surface area (Å²) >= 11 is 0. The Morgan fingerprint density at radius 3 is 1.52 bits per heavy atom. The Bertz CT molecular complexity index is 1470. The van der Waals surface area contributed by atoms with Gasteiger partial charge in [0.1, 0.15) is 20.4 Å². The summed E-state index contributed by atoms with van der Waals surface area (Å²) in [5.74, 6) is -1.20. The van der Waals surface area contributed by atoms with Crippen molar-refractivity contribution in [3.05, 3.63) is 77.9 Å². The molecule has 3 aromatic rings. The van der Waals surface area contributed by atoms with Crippen molar-refractivity contribution in [3.8, 4) is 11.5 Å². The van der Waals surface area contributed by atoms with Crippen LogP contribution in [0, 0.1) is 13.8 Å². The standard InChI is InChI=1S/C20H18O9S3.Na.H/c1-14-3-8-17(9-4-14)31(24,25)28-16-7-12-19(20(13-16)30(21,22)23)29-32(26,27)18-10-5-15(2)6-11-18;;/h3-13H,1-2H3,(H,21,22,23);;/q;+1;-1. The van der Waals surface area contributed by atoms with E-state index >= 15 is 0 Å². The molecule has 0 spiro atoms. The van der Waals surface area contributed by atoms with E-state index in [-0.39, 0.29) is 40.8 Å². The van der Waals surface area contributed by atoms with E-state index in [0.717, 1.165) is 23.3 Å². The van der Waals surface area contributed by atoms with Crippen molar-refractivity contribution in [2.24, 2.45) is 0 Å². The third kappa shape index (κ3) is 6.79. The first-order valence-electron chi connectivity index (χ1n) is 8.92. The second kappa shape index (κ2) is 10.1. The maximum atomic E-state index is 12.5. The summed E-state index contributed by atoms with van der Waals surface area (Å²) in [6, 6.07) is 13.8. The zero-order valence-electron chi connectivity index (χ0n) is 18.8. The molecule has 0 aliphatic carbocycles. The Morgan fingerprint density at radius 1 is 0.667 bits per heavy atom. The summed E-state index contributed by atoms with van der Waals surface area (Å²) in [4.78, 5) is -1.41. The Morgan fingerprint density at radius 2 is 1.09 bits per heavy atom. The van der Waals surface area contributed by atoms with Crippen LogP contribution in [0.1, 0.15) is 12.6 Å². The molecule has 0 aliphatic rings. The molecule has 0 saturated heterocycles. The maximum Gasteiger partial charge on any atom is 1.00 e. The van der Waals surface area contributed by atoms with Gasteiger partial charge in [0.2, 0.25) is 0 Å². The summed E-state index contributed by atoms with van der Waals surface area (Å²) < 4.78 is 92.9. The molecule has 13 heteroatoms. The minimum atomic E-state index is -5.01. The minimum absolute atomic E-state index is 0. The molecule has 3 aromatic carbocycles. The van der Waals surface area contributed by atoms with Gasteiger partial charge in [0.25, 0.3) is 10.1 Å². The van der Waals surface area contributed by atoms with Crippen LogP contribution in [0.5, 0.6) is 11.5 Å². The Kier molecular flexibility index (Phi) is 8.39. The van der Waals surface area contributed by atoms with Crippen LogP contribution in [-0.2, 0) is 30.4 Å². The average molecular weight is 523 g/mol. The molecule has 33 heavy (non-hydrogen) atoms. The second-order valence-electron chi connectivity index (χ2n) is 6.78. The van der Waals surface area contributed by atoms with Gasteiger partial charge in [0.15, 0.2) is 5.75 Å². The van der Waals surface area contributed by atoms with Crippen molar-refractivity contribution in [2.75, 3.05) is 0 Å². The molecule has 0 amide bonds. The summed E-state index contributed by atoms with van der Waals surface area (Å²) in [6.07, 6.45) is 0. The van der Waals surface area contributed by atoms with Gasteiger partial charge >= 0.3 is 49.8 Å². The molecular formula is C20H19NaO9S3. The number of hydrogen-bond donors (Lipinski definition) is 1. The van der Waals surface area contributed by atoms with Crippen molar-refractivity contribution in [1.82, 2.24) is 0 Å². The average Bonchev–Trinajstić information content (AvgIpc) is 2.68. The Hall–Kier alpha value is -1.93. The Balaban J connectivity index is 0.00000289. The molecule has 1 N–H and O–H groups in total. The number of hydrogen-bond acceptors (Lipinski definition) is 8. The van der Waals surface area contributed by atoms with Gasteiger partial charge < -0.3 is 9.79 Å². The molecule has 0 aliphatic heterocycles. The fourth-order valence-corrected chi connectivity index (χ4v) is 5.11. The topological polar surface area (TPSA) is 141 Å². The molecule has 9 nitrogen and oxygen atoms in total. The van der Waals surface area contributed by atoms with E-state index in [1.807, 2.05) is 0 Å². The maximum absolute atomic E-state index is 12.5. The van der Waals surface area contributed by atoms with Gasteiger partial charge in [-0.3, -0.25) is 4.55 Å². The van der Waals surface area contributed by atoms with Crippen LogP contribution in [0.2, 0.25) is 0 Å². The molecule has 0 bridgehead atoms. The van der Waals surface area contributed by atoms with Gasteiger partial charge in [-0.15, -0.1) is 0 Å². The smallest absolute Gasteiger partial charge is 1.00 e. The molecule has 0 saturated carbocycles. The summed E-state index contributed by atoms with van der Waals surface area (Å²) in [5, 5.41) is 0. The zero-order chi connectivity index (χ0) is 23.7. The van der Waals surface area contributed by atoms with Crippen LogP contribution in [0.3, 0.4) is 0 Å². The first kappa shape index (κ1) is 27.3. The van der Waals surface area contributed by atoms with E-state index < -0.39 is 46.7 Å². The summed E-state index contributed by atoms with van der Waals surface area (Å²) in [7, 11) is -13.8. The minimum Gasteiger partial charge on any atom is -1.00 e. The first-order chi connectivity index (χ1) is 14.8. The van der Waals surface area contributed by atoms with Crippen molar-refractivity contribution in [2.45, 2.75) is 28.5 Å². The van der Waals surface area contributed by atoms with Crippen LogP contribution in [-0.4, -0.2) is 29.8 Å². The monoisotopic (exact) mass is 522 g/mol. The van der Waals surface area contributed by atoms with Gasteiger partial charge in [-0.2, -0.15) is 25.3 Å². The van der Waals surface area contributed by atoms with Gasteiger partial charge in [-0.05, 0) is 50.2 Å². The van der Waals surface area contributed by atoms with E-state index in [2.05, 4.69) is 0 Å². The largest absolute Gasteiger partial charge is 1.00 e. The van der Waals surface area contributed by atoms with Gasteiger partial charge in [0, 0.05) is 6.07 Å². The molecule has 172 valence electrons. The molecule has 0 aromatic heterocycles. The zero-order valence-corrected chi connectivity index (χ0v) is 22.2. The van der Waals surface area contributed by atoms with Gasteiger partial charge in [-0.1, -0.05) is 35.4 Å². The third-order valence-electron chi connectivity index (χ3n) is 4.22. The third-order valence-corrected chi connectivity index (χ3v) is 7.60. The molecule has 0 atom stereocenters. The number of rotatable bonds is 7. The van der Waals surface area contributed by atoms with Gasteiger partial charge in [0.05, 0.1) is 0 Å². The predicted molar refractivity (Wildman–Crippen MR) is 115 cm³/mol. The SMILES string of the molecule is Cc1ccc(S(=O)(=O)Oc2ccc(OS(=O)(=O)c3ccc(C)cc3)c(S(=O)(=O)O)c2)cc1.[H-].[Na+]. The first-order valence-corrected chi connectivity index (χ1v) is 13.2. The predicted octanol–water partition coefficient (Wildman–Crippen LogP) is 0.202. The van der Waals surface area contributed by atoms with E-state index in [0.29, 0.717) is 6.07 Å². The summed E-state index contributed by atoms with van der Waals surface area (Å²) in [5.41, 5.74) is 1.60. The molecule has 0 fully saturated rings. The fraction of sp³-hybridized carbons (Fsp3) is 0.100. The van der Waals surface area contributed by atoms with Crippen LogP contribution in [0.15, 0.2) is 81.4 Å². The van der Waals surface area contributed by atoms with Gasteiger partial charge in [-0.25, -0.2) is 0 Å². The van der Waals surface area contributed by atoms with E-state index in [4.69, 9.17) is 8.37 Å². The molecule has 0 radical (unpaired) electrons. The number of benzene rings is 3. The normalized spacial score (nSPS) is 12.0. The molecule has 0 heterocycles. The fourth-order valence-electron chi connectivity index (χ4n) is 2.56. The quantitative estimate of drug-likeness (QED) is 0.262. The van der Waals surface area contributed by atoms with Crippen LogP contribution in [0.4, 0.5) is 0 Å². The van der Waals surface area contributed by atoms with Crippen LogP contribution < -0.4 is 37.9 Å². The van der Waals surface area contributed by atoms with E-state index in [9.17, 15) is 29.8 Å². The van der Waals surface area contributed by atoms with E-state index in [1.54, 1.807) is 26.0 Å². The van der Waals surface area contributed by atoms with Crippen molar-refractivity contribution >= 4 is 30.4 Å². The van der Waals surface area contributed by atoms with Crippen molar-refractivity contribution in [3.63, 3.8) is 0 Å². The summed E-state index contributed by atoms with van der Waals surface area (Å²) in [6.45, 7) is 3.51. The number of aryl methyl sites for hydroxylation is 2.